The van der Waals surface area contributed by atoms with Crippen LogP contribution in [0.1, 0.15) is 0 Å². The summed E-state index contributed by atoms with van der Waals surface area (Å²) in [5.41, 5.74) is 0.709. The second-order valence-electron chi connectivity index (χ2n) is 3.94. The van der Waals surface area contributed by atoms with Crippen molar-refractivity contribution in [2.24, 2.45) is 0 Å². The minimum absolute atomic E-state index is 0.445. The van der Waals surface area contributed by atoms with Gasteiger partial charge in [0, 0.05) is 13.1 Å². The van der Waals surface area contributed by atoms with Gasteiger partial charge >= 0.3 is 6.09 Å². The molecule has 0 aliphatic carbocycles. The molecule has 0 bridgehead atoms. The van der Waals surface area contributed by atoms with E-state index in [1.165, 1.54) is 4.90 Å². The lowest BCUT2D eigenvalue weighted by molar-refractivity contribution is 0.209. The van der Waals surface area contributed by atoms with E-state index in [0.29, 0.717) is 17.2 Å². The van der Waals surface area contributed by atoms with E-state index in [9.17, 15) is 4.79 Å². The van der Waals surface area contributed by atoms with Gasteiger partial charge in [0.15, 0.2) is 0 Å². The number of hydrogen-bond acceptors (Lipinski definition) is 3. The van der Waals surface area contributed by atoms with Crippen molar-refractivity contribution in [3.63, 3.8) is 0 Å². The summed E-state index contributed by atoms with van der Waals surface area (Å²) >= 11 is 0. The zero-order chi connectivity index (χ0) is 13.7. The Morgan fingerprint density at radius 1 is 1.00 bits per heavy atom. The molecule has 0 atom stereocenters. The van der Waals surface area contributed by atoms with Crippen LogP contribution in [0.2, 0.25) is 0 Å². The zero-order valence-corrected chi connectivity index (χ0v) is 10.9. The maximum atomic E-state index is 12.0. The van der Waals surface area contributed by atoms with Gasteiger partial charge in [0.05, 0.1) is 12.8 Å². The van der Waals surface area contributed by atoms with Gasteiger partial charge in [0.2, 0.25) is 0 Å². The van der Waals surface area contributed by atoms with E-state index in [4.69, 9.17) is 9.47 Å². The van der Waals surface area contributed by atoms with Crippen molar-refractivity contribution >= 4 is 11.8 Å². The Hall–Kier alpha value is -2.49. The van der Waals surface area contributed by atoms with E-state index < -0.39 is 6.09 Å². The smallest absolute Gasteiger partial charge is 0.419 e. The molecule has 0 N–H and O–H groups in total. The Morgan fingerprint density at radius 3 is 2.37 bits per heavy atom. The molecule has 0 aromatic heterocycles. The van der Waals surface area contributed by atoms with E-state index in [1.54, 1.807) is 32.4 Å². The van der Waals surface area contributed by atoms with E-state index >= 15 is 0 Å². The fraction of sp³-hybridized carbons (Fsp3) is 0.133. The molecular formula is C15H15NO3. The zero-order valence-electron chi connectivity index (χ0n) is 10.9. The summed E-state index contributed by atoms with van der Waals surface area (Å²) in [5.74, 6) is 1.21. The number of carbonyl (C=O) groups is 1. The minimum Gasteiger partial charge on any atom is -0.497 e. The van der Waals surface area contributed by atoms with Crippen LogP contribution in [-0.2, 0) is 0 Å². The summed E-state index contributed by atoms with van der Waals surface area (Å²) in [5, 5.41) is 0. The van der Waals surface area contributed by atoms with Crippen LogP contribution in [-0.4, -0.2) is 20.3 Å². The molecule has 0 saturated heterocycles. The van der Waals surface area contributed by atoms with Crippen molar-refractivity contribution in [2.45, 2.75) is 0 Å². The Labute approximate surface area is 112 Å². The monoisotopic (exact) mass is 257 g/mol. The third-order valence-corrected chi connectivity index (χ3v) is 2.66. The highest BCUT2D eigenvalue weighted by molar-refractivity contribution is 5.88. The third-order valence-electron chi connectivity index (χ3n) is 2.66. The Balaban J connectivity index is 2.10. The Morgan fingerprint density at radius 2 is 1.68 bits per heavy atom. The molecule has 0 aliphatic rings. The number of benzene rings is 2. The number of para-hydroxylation sites is 1. The number of hydrogen-bond donors (Lipinski definition) is 0. The van der Waals surface area contributed by atoms with Crippen molar-refractivity contribution in [3.8, 4) is 11.5 Å². The second kappa shape index (κ2) is 5.91. The van der Waals surface area contributed by atoms with Gasteiger partial charge in [0.1, 0.15) is 11.5 Å². The highest BCUT2D eigenvalue weighted by Gasteiger charge is 2.13. The summed E-state index contributed by atoms with van der Waals surface area (Å²) in [6.07, 6.45) is -0.445. The summed E-state index contributed by atoms with van der Waals surface area (Å²) in [6.45, 7) is 0. The van der Waals surface area contributed by atoms with Crippen LogP contribution in [0, 0.1) is 0 Å². The first kappa shape index (κ1) is 13.0. The molecule has 0 aliphatic heterocycles. The van der Waals surface area contributed by atoms with E-state index in [2.05, 4.69) is 0 Å². The first-order valence-electron chi connectivity index (χ1n) is 5.85. The largest absolute Gasteiger partial charge is 0.497 e. The van der Waals surface area contributed by atoms with Crippen molar-refractivity contribution < 1.29 is 14.3 Å². The van der Waals surface area contributed by atoms with Gasteiger partial charge in [-0.15, -0.1) is 0 Å². The second-order valence-corrected chi connectivity index (χ2v) is 3.94. The van der Waals surface area contributed by atoms with E-state index in [1.807, 2.05) is 36.4 Å². The Kier molecular flexibility index (Phi) is 4.03. The molecule has 0 fully saturated rings. The molecule has 0 radical (unpaired) electrons. The highest BCUT2D eigenvalue weighted by Crippen LogP contribution is 2.21. The van der Waals surface area contributed by atoms with Crippen LogP contribution in [0.5, 0.6) is 11.5 Å². The maximum Gasteiger partial charge on any atom is 0.419 e. The number of carbonyl (C=O) groups excluding carboxylic acids is 1. The molecule has 2 aromatic carbocycles. The molecule has 0 spiro atoms. The molecule has 98 valence electrons. The van der Waals surface area contributed by atoms with Crippen LogP contribution in [0.25, 0.3) is 0 Å². The molecule has 2 aromatic rings. The standard InChI is InChI=1S/C15H15NO3/c1-16(12-7-6-10-14(11-12)18-2)15(17)19-13-8-4-3-5-9-13/h3-11H,1-2H3. The van der Waals surface area contributed by atoms with Gasteiger partial charge in [-0.05, 0) is 24.3 Å². The number of amides is 1. The van der Waals surface area contributed by atoms with Gasteiger partial charge < -0.3 is 9.47 Å². The number of rotatable bonds is 3. The van der Waals surface area contributed by atoms with Crippen molar-refractivity contribution in [2.75, 3.05) is 19.1 Å². The molecule has 2 rings (SSSR count). The van der Waals surface area contributed by atoms with Gasteiger partial charge in [-0.2, -0.15) is 0 Å². The van der Waals surface area contributed by atoms with Gasteiger partial charge in [-0.1, -0.05) is 24.3 Å². The summed E-state index contributed by atoms with van der Waals surface area (Å²) in [6, 6.07) is 16.2. The lowest BCUT2D eigenvalue weighted by atomic mass is 10.3. The van der Waals surface area contributed by atoms with Crippen LogP contribution in [0.3, 0.4) is 0 Å². The lowest BCUT2D eigenvalue weighted by Gasteiger charge is -2.17. The number of ether oxygens (including phenoxy) is 2. The first-order chi connectivity index (χ1) is 9.20. The van der Waals surface area contributed by atoms with Crippen LogP contribution in [0.15, 0.2) is 54.6 Å². The highest BCUT2D eigenvalue weighted by atomic mass is 16.6. The maximum absolute atomic E-state index is 12.0. The first-order valence-corrected chi connectivity index (χ1v) is 5.85. The average molecular weight is 257 g/mol. The van der Waals surface area contributed by atoms with Crippen molar-refractivity contribution in [3.05, 3.63) is 54.6 Å². The fourth-order valence-electron chi connectivity index (χ4n) is 1.58. The van der Waals surface area contributed by atoms with Crippen LogP contribution >= 0.6 is 0 Å². The summed E-state index contributed by atoms with van der Waals surface area (Å²) in [7, 11) is 3.24. The topological polar surface area (TPSA) is 38.8 Å². The molecule has 4 nitrogen and oxygen atoms in total. The molecule has 1 amide bonds. The number of anilines is 1. The van der Waals surface area contributed by atoms with Crippen molar-refractivity contribution in [1.29, 1.82) is 0 Å². The minimum atomic E-state index is -0.445. The lowest BCUT2D eigenvalue weighted by Crippen LogP contribution is -2.29. The molecule has 0 saturated carbocycles. The van der Waals surface area contributed by atoms with Crippen LogP contribution < -0.4 is 14.4 Å². The fourth-order valence-corrected chi connectivity index (χ4v) is 1.58. The van der Waals surface area contributed by atoms with Gasteiger partial charge in [-0.3, -0.25) is 4.90 Å². The SMILES string of the molecule is COc1cccc(N(C)C(=O)Oc2ccccc2)c1. The predicted molar refractivity (Wildman–Crippen MR) is 73.9 cm³/mol. The van der Waals surface area contributed by atoms with Gasteiger partial charge in [0.25, 0.3) is 0 Å². The quantitative estimate of drug-likeness (QED) is 0.846. The molecule has 19 heavy (non-hydrogen) atoms. The summed E-state index contributed by atoms with van der Waals surface area (Å²) < 4.78 is 10.4. The van der Waals surface area contributed by atoms with E-state index in [-0.39, 0.29) is 0 Å². The normalized spacial score (nSPS) is 9.79. The van der Waals surface area contributed by atoms with Crippen molar-refractivity contribution in [1.82, 2.24) is 0 Å². The number of nitrogens with zero attached hydrogens (tertiary/aromatic N) is 1. The third kappa shape index (κ3) is 3.25. The average Bonchev–Trinajstić information content (AvgIpc) is 2.47. The van der Waals surface area contributed by atoms with Gasteiger partial charge in [-0.25, -0.2) is 4.79 Å². The molecule has 0 heterocycles. The van der Waals surface area contributed by atoms with E-state index in [0.717, 1.165) is 0 Å². The number of methoxy groups -OCH3 is 1. The Bertz CT molecular complexity index is 554. The molecule has 0 unspecified atom stereocenters. The molecule has 4 heteroatoms. The van der Waals surface area contributed by atoms with Crippen LogP contribution in [0.4, 0.5) is 10.5 Å². The molecular weight excluding hydrogens is 242 g/mol. The summed E-state index contributed by atoms with van der Waals surface area (Å²) in [4.78, 5) is 13.4. The predicted octanol–water partition coefficient (Wildman–Crippen LogP) is 3.33.